The van der Waals surface area contributed by atoms with Crippen molar-refractivity contribution in [2.75, 3.05) is 5.70 Å². The molecule has 0 saturated carbocycles. The number of thioether (sulfide) groups is 1. The van der Waals surface area contributed by atoms with Crippen LogP contribution in [-0.4, -0.2) is 5.70 Å². The standard InChI is InChI=1S/C4H6S/c1-2-4-5-3-1/h1,3H,2,4H2/i2D,4D2. The zero-order valence-corrected chi connectivity index (χ0v) is 3.46. The summed E-state index contributed by atoms with van der Waals surface area (Å²) in [5.74, 6) is 0. The van der Waals surface area contributed by atoms with Crippen molar-refractivity contribution in [2.24, 2.45) is 0 Å². The summed E-state index contributed by atoms with van der Waals surface area (Å²) in [5.41, 5.74) is -1.38. The van der Waals surface area contributed by atoms with Crippen LogP contribution in [-0.2, 0) is 0 Å². The van der Waals surface area contributed by atoms with Gasteiger partial charge in [-0.3, -0.25) is 0 Å². The number of hydrogen-bond donors (Lipinski definition) is 0. The molecule has 1 heterocycles. The molecule has 0 N–H and O–H groups in total. The third-order valence-electron chi connectivity index (χ3n) is 0.379. The molecule has 0 bridgehead atoms. The second kappa shape index (κ2) is 1.51. The van der Waals surface area contributed by atoms with Gasteiger partial charge in [-0.1, -0.05) is 6.08 Å². The van der Waals surface area contributed by atoms with E-state index >= 15 is 0 Å². The highest BCUT2D eigenvalue weighted by molar-refractivity contribution is 8.02. The molecule has 1 atom stereocenters. The highest BCUT2D eigenvalue weighted by Gasteiger charge is 1.85. The first-order valence-corrected chi connectivity index (χ1v) is 2.27. The zero-order valence-electron chi connectivity index (χ0n) is 5.64. The lowest BCUT2D eigenvalue weighted by Gasteiger charge is -1.69. The Morgan fingerprint density at radius 3 is 3.20 bits per heavy atom. The molecule has 0 amide bonds. The van der Waals surface area contributed by atoms with Crippen molar-refractivity contribution in [1.82, 2.24) is 0 Å². The first kappa shape index (κ1) is 1.30. The minimum atomic E-state index is -1.38. The smallest absolute Gasteiger partial charge is 0.0387 e. The first-order chi connectivity index (χ1) is 3.63. The van der Waals surface area contributed by atoms with Crippen LogP contribution < -0.4 is 0 Å². The third kappa shape index (κ3) is 0.690. The Labute approximate surface area is 40.5 Å². The Morgan fingerprint density at radius 2 is 3.00 bits per heavy atom. The first-order valence-electron chi connectivity index (χ1n) is 2.97. The summed E-state index contributed by atoms with van der Waals surface area (Å²) in [5, 5.41) is 1.64. The molecule has 5 heavy (non-hydrogen) atoms. The quantitative estimate of drug-likeness (QED) is 0.434. The van der Waals surface area contributed by atoms with E-state index in [1.807, 2.05) is 0 Å². The summed E-state index contributed by atoms with van der Waals surface area (Å²) in [6.45, 7) is 0. The lowest BCUT2D eigenvalue weighted by Crippen LogP contribution is -1.56. The van der Waals surface area contributed by atoms with E-state index in [0.29, 0.717) is 0 Å². The fourth-order valence-corrected chi connectivity index (χ4v) is 0.589. The highest BCUT2D eigenvalue weighted by Crippen LogP contribution is 2.11. The topological polar surface area (TPSA) is 0 Å². The van der Waals surface area contributed by atoms with Crippen LogP contribution in [0.25, 0.3) is 0 Å². The maximum atomic E-state index is 7.07. The van der Waals surface area contributed by atoms with Crippen LogP contribution in [0, 0.1) is 0 Å². The van der Waals surface area contributed by atoms with Crippen molar-refractivity contribution in [3.05, 3.63) is 11.5 Å². The van der Waals surface area contributed by atoms with Crippen LogP contribution in [0.5, 0.6) is 0 Å². The molecule has 0 spiro atoms. The minimum absolute atomic E-state index is 0.674. The van der Waals surface area contributed by atoms with E-state index in [9.17, 15) is 0 Å². The molecule has 1 aliphatic rings. The second-order valence-corrected chi connectivity index (χ2v) is 1.47. The molecule has 1 aliphatic heterocycles. The Balaban J connectivity index is 2.64. The van der Waals surface area contributed by atoms with Gasteiger partial charge < -0.3 is 0 Å². The van der Waals surface area contributed by atoms with Crippen LogP contribution >= 0.6 is 11.8 Å². The summed E-state index contributed by atoms with van der Waals surface area (Å²) in [6.07, 6.45) is 0.887. The van der Waals surface area contributed by atoms with Gasteiger partial charge in [0.1, 0.15) is 0 Å². The predicted octanol–water partition coefficient (Wildman–Crippen LogP) is 1.64. The molecule has 0 fully saturated rings. The Kier molecular flexibility index (Phi) is 0.392. The number of rotatable bonds is 0. The molecule has 28 valence electrons. The van der Waals surface area contributed by atoms with Crippen molar-refractivity contribution in [3.63, 3.8) is 0 Å². The van der Waals surface area contributed by atoms with E-state index in [2.05, 4.69) is 0 Å². The predicted molar refractivity (Wildman–Crippen MR) is 26.2 cm³/mol. The fraction of sp³-hybridized carbons (Fsp3) is 0.500. The maximum Gasteiger partial charge on any atom is 0.0387 e. The van der Waals surface area contributed by atoms with Gasteiger partial charge in [-0.2, -0.15) is 0 Å². The molecule has 0 nitrogen and oxygen atoms in total. The minimum Gasteiger partial charge on any atom is -0.134 e. The summed E-state index contributed by atoms with van der Waals surface area (Å²) < 4.78 is 21.2. The van der Waals surface area contributed by atoms with E-state index in [4.69, 9.17) is 4.11 Å². The van der Waals surface area contributed by atoms with Crippen LogP contribution in [0.15, 0.2) is 11.5 Å². The van der Waals surface area contributed by atoms with Gasteiger partial charge in [-0.25, -0.2) is 0 Å². The van der Waals surface area contributed by atoms with Crippen molar-refractivity contribution in [3.8, 4) is 0 Å². The molecule has 0 aliphatic carbocycles. The fourth-order valence-electron chi connectivity index (χ4n) is 0.196. The van der Waals surface area contributed by atoms with Crippen LogP contribution in [0.3, 0.4) is 0 Å². The average Bonchev–Trinajstić information content (AvgIpc) is 1.86. The molecule has 0 saturated heterocycles. The zero-order chi connectivity index (χ0) is 6.20. The summed E-state index contributed by atoms with van der Waals surface area (Å²) in [7, 11) is 0. The van der Waals surface area contributed by atoms with Crippen molar-refractivity contribution in [1.29, 1.82) is 0 Å². The molecule has 0 aromatic rings. The van der Waals surface area contributed by atoms with E-state index in [1.54, 1.807) is 11.5 Å². The number of allylic oxidation sites excluding steroid dienone is 1. The molecule has 0 radical (unpaired) electrons. The lowest BCUT2D eigenvalue weighted by molar-refractivity contribution is 1.28. The van der Waals surface area contributed by atoms with Crippen molar-refractivity contribution < 1.29 is 4.11 Å². The molecule has 0 aromatic carbocycles. The van der Waals surface area contributed by atoms with Crippen LogP contribution in [0.2, 0.25) is 0 Å². The van der Waals surface area contributed by atoms with Gasteiger partial charge in [0.25, 0.3) is 0 Å². The van der Waals surface area contributed by atoms with Crippen molar-refractivity contribution >= 4 is 11.8 Å². The molecular formula is C4H6S. The normalized spacial score (nSPS) is 54.4. The van der Waals surface area contributed by atoms with Gasteiger partial charge in [-0.05, 0) is 11.8 Å². The van der Waals surface area contributed by atoms with Crippen LogP contribution in [0.4, 0.5) is 0 Å². The summed E-state index contributed by atoms with van der Waals surface area (Å²) in [6, 6.07) is 0. The largest absolute Gasteiger partial charge is 0.134 e. The van der Waals surface area contributed by atoms with E-state index in [-0.39, 0.29) is 0 Å². The molecule has 1 unspecified atom stereocenters. The van der Waals surface area contributed by atoms with Gasteiger partial charge in [-0.15, -0.1) is 11.8 Å². The molecular weight excluding hydrogens is 80.1 g/mol. The van der Waals surface area contributed by atoms with Gasteiger partial charge in [0.2, 0.25) is 0 Å². The van der Waals surface area contributed by atoms with Crippen LogP contribution in [0.1, 0.15) is 10.5 Å². The van der Waals surface area contributed by atoms with Crippen molar-refractivity contribution in [2.45, 2.75) is 6.40 Å². The van der Waals surface area contributed by atoms with E-state index in [1.165, 1.54) is 0 Å². The maximum absolute atomic E-state index is 7.07. The monoisotopic (exact) mass is 89.0 g/mol. The van der Waals surface area contributed by atoms with Gasteiger partial charge in [0.15, 0.2) is 0 Å². The van der Waals surface area contributed by atoms with Gasteiger partial charge in [0.05, 0.1) is 0 Å². The van der Waals surface area contributed by atoms with E-state index < -0.39 is 12.1 Å². The highest BCUT2D eigenvalue weighted by atomic mass is 32.2. The average molecular weight is 89.2 g/mol. The number of hydrogen-bond acceptors (Lipinski definition) is 1. The Morgan fingerprint density at radius 1 is 2.00 bits per heavy atom. The molecule has 0 aromatic heterocycles. The second-order valence-electron chi connectivity index (χ2n) is 0.731. The SMILES string of the molecule is [2H]C1C=CSC1([2H])[2H]. The van der Waals surface area contributed by atoms with E-state index in [0.717, 1.165) is 11.8 Å². The third-order valence-corrected chi connectivity index (χ3v) is 0.944. The summed E-state index contributed by atoms with van der Waals surface area (Å²) >= 11 is 1.07. The Bertz CT molecular complexity index is 120. The molecule has 1 rings (SSSR count). The van der Waals surface area contributed by atoms with Gasteiger partial charge in [0, 0.05) is 9.82 Å². The lowest BCUT2D eigenvalue weighted by atomic mass is 10.5. The molecule has 1 heteroatoms. The Hall–Kier alpha value is 0.0900. The van der Waals surface area contributed by atoms with Gasteiger partial charge >= 0.3 is 0 Å². The summed E-state index contributed by atoms with van der Waals surface area (Å²) in [4.78, 5) is 0.